The van der Waals surface area contributed by atoms with Crippen molar-refractivity contribution in [3.8, 4) is 0 Å². The molecule has 5 heteroatoms. The quantitative estimate of drug-likeness (QED) is 0.844. The largest absolute Gasteiger partial charge is 0.312 e. The number of rotatable bonds is 2. The first kappa shape index (κ1) is 11.3. The van der Waals surface area contributed by atoms with Crippen LogP contribution in [0.2, 0.25) is 0 Å². The molecular formula is C12H17N3OS. The molecule has 1 aromatic rings. The Morgan fingerprint density at radius 1 is 1.59 bits per heavy atom. The average molecular weight is 251 g/mol. The molecule has 1 atom stereocenters. The predicted octanol–water partition coefficient (Wildman–Crippen LogP) is 0.785. The zero-order valence-electron chi connectivity index (χ0n) is 9.82. The summed E-state index contributed by atoms with van der Waals surface area (Å²) in [7, 11) is 0. The monoisotopic (exact) mass is 251 g/mol. The molecule has 0 bridgehead atoms. The Labute approximate surface area is 105 Å². The van der Waals surface area contributed by atoms with Crippen LogP contribution in [0, 0.1) is 0 Å². The second kappa shape index (κ2) is 4.82. The van der Waals surface area contributed by atoms with Crippen molar-refractivity contribution in [1.82, 2.24) is 15.1 Å². The van der Waals surface area contributed by atoms with E-state index in [4.69, 9.17) is 0 Å². The van der Waals surface area contributed by atoms with Gasteiger partial charge in [-0.2, -0.15) is 16.9 Å². The summed E-state index contributed by atoms with van der Waals surface area (Å²) < 4.78 is 1.65. The van der Waals surface area contributed by atoms with Crippen LogP contribution in [0.15, 0.2) is 10.9 Å². The Morgan fingerprint density at radius 3 is 3.35 bits per heavy atom. The van der Waals surface area contributed by atoms with Crippen molar-refractivity contribution >= 4 is 11.8 Å². The van der Waals surface area contributed by atoms with Crippen LogP contribution in [0.3, 0.4) is 0 Å². The number of nitrogens with one attached hydrogen (secondary N) is 1. The van der Waals surface area contributed by atoms with E-state index >= 15 is 0 Å². The third-order valence-electron chi connectivity index (χ3n) is 3.46. The summed E-state index contributed by atoms with van der Waals surface area (Å²) in [6, 6.07) is 2.21. The van der Waals surface area contributed by atoms with E-state index in [2.05, 4.69) is 10.4 Å². The van der Waals surface area contributed by atoms with E-state index in [1.54, 1.807) is 10.7 Å². The van der Waals surface area contributed by atoms with Gasteiger partial charge in [0.15, 0.2) is 0 Å². The molecule has 17 heavy (non-hydrogen) atoms. The first-order valence-electron chi connectivity index (χ1n) is 6.24. The molecule has 0 spiro atoms. The fraction of sp³-hybridized carbons (Fsp3) is 0.667. The molecule has 0 aromatic carbocycles. The highest BCUT2D eigenvalue weighted by molar-refractivity contribution is 7.98. The van der Waals surface area contributed by atoms with Crippen LogP contribution in [-0.4, -0.2) is 28.1 Å². The Kier molecular flexibility index (Phi) is 3.20. The van der Waals surface area contributed by atoms with Crippen LogP contribution in [0.1, 0.15) is 24.1 Å². The van der Waals surface area contributed by atoms with Crippen LogP contribution in [-0.2, 0) is 18.7 Å². The molecule has 0 aliphatic carbocycles. The average Bonchev–Trinajstić information content (AvgIpc) is 2.83. The Hall–Kier alpha value is -0.810. The lowest BCUT2D eigenvalue weighted by Crippen LogP contribution is -2.34. The molecular weight excluding hydrogens is 234 g/mol. The third-order valence-corrected chi connectivity index (χ3v) is 4.47. The van der Waals surface area contributed by atoms with Crippen LogP contribution in [0.4, 0.5) is 0 Å². The van der Waals surface area contributed by atoms with Crippen LogP contribution in [0.25, 0.3) is 0 Å². The van der Waals surface area contributed by atoms with Crippen molar-refractivity contribution in [2.75, 3.05) is 12.3 Å². The summed E-state index contributed by atoms with van der Waals surface area (Å²) in [4.78, 5) is 11.9. The number of hydrogen-bond acceptors (Lipinski definition) is 4. The summed E-state index contributed by atoms with van der Waals surface area (Å²) in [6.07, 6.45) is 3.36. The minimum Gasteiger partial charge on any atom is -0.312 e. The SMILES string of the molecule is O=c1cc2c(nn1CC1CCCN1)CCSC2. The molecule has 4 nitrogen and oxygen atoms in total. The van der Waals surface area contributed by atoms with Gasteiger partial charge in [-0.1, -0.05) is 0 Å². The molecule has 0 amide bonds. The van der Waals surface area contributed by atoms with Crippen molar-refractivity contribution in [3.05, 3.63) is 27.7 Å². The molecule has 0 saturated carbocycles. The van der Waals surface area contributed by atoms with Gasteiger partial charge >= 0.3 is 0 Å². The molecule has 3 heterocycles. The summed E-state index contributed by atoms with van der Waals surface area (Å²) in [5.41, 5.74) is 2.32. The lowest BCUT2D eigenvalue weighted by Gasteiger charge is -2.17. The van der Waals surface area contributed by atoms with Crippen molar-refractivity contribution in [3.63, 3.8) is 0 Å². The number of nitrogens with zero attached hydrogens (tertiary/aromatic N) is 2. The topological polar surface area (TPSA) is 46.9 Å². The fourth-order valence-electron chi connectivity index (χ4n) is 2.50. The smallest absolute Gasteiger partial charge is 0.267 e. The summed E-state index contributed by atoms with van der Waals surface area (Å²) in [6.45, 7) is 1.79. The van der Waals surface area contributed by atoms with Crippen molar-refractivity contribution in [2.24, 2.45) is 0 Å². The van der Waals surface area contributed by atoms with Crippen molar-refractivity contribution < 1.29 is 0 Å². The number of aromatic nitrogens is 2. The zero-order chi connectivity index (χ0) is 11.7. The first-order chi connectivity index (χ1) is 8.33. The summed E-state index contributed by atoms with van der Waals surface area (Å²) in [5.74, 6) is 2.07. The second-order valence-corrected chi connectivity index (χ2v) is 5.84. The molecule has 1 N–H and O–H groups in total. The zero-order valence-corrected chi connectivity index (χ0v) is 10.6. The van der Waals surface area contributed by atoms with Gasteiger partial charge in [0.25, 0.3) is 5.56 Å². The number of aryl methyl sites for hydroxylation is 1. The first-order valence-corrected chi connectivity index (χ1v) is 7.39. The molecule has 92 valence electrons. The number of hydrogen-bond donors (Lipinski definition) is 1. The maximum atomic E-state index is 11.9. The molecule has 0 radical (unpaired) electrons. The molecule has 1 aromatic heterocycles. The number of fused-ring (bicyclic) bond motifs is 1. The Balaban J connectivity index is 1.85. The van der Waals surface area contributed by atoms with E-state index in [0.29, 0.717) is 6.04 Å². The van der Waals surface area contributed by atoms with Crippen molar-refractivity contribution in [2.45, 2.75) is 37.6 Å². The Morgan fingerprint density at radius 2 is 2.53 bits per heavy atom. The van der Waals surface area contributed by atoms with Gasteiger partial charge in [-0.3, -0.25) is 4.79 Å². The van der Waals surface area contributed by atoms with Gasteiger partial charge in [-0.15, -0.1) is 0 Å². The second-order valence-electron chi connectivity index (χ2n) is 4.73. The maximum absolute atomic E-state index is 11.9. The summed E-state index contributed by atoms with van der Waals surface area (Å²) >= 11 is 1.88. The molecule has 1 unspecified atom stereocenters. The number of thioether (sulfide) groups is 1. The van der Waals surface area contributed by atoms with Gasteiger partial charge in [0.1, 0.15) is 0 Å². The van der Waals surface area contributed by atoms with E-state index in [-0.39, 0.29) is 5.56 Å². The molecule has 1 saturated heterocycles. The molecule has 2 aliphatic rings. The van der Waals surface area contributed by atoms with Gasteiger partial charge in [0, 0.05) is 24.3 Å². The van der Waals surface area contributed by atoms with Crippen LogP contribution < -0.4 is 10.9 Å². The van der Waals surface area contributed by atoms with Gasteiger partial charge in [-0.05, 0) is 30.7 Å². The highest BCUT2D eigenvalue weighted by atomic mass is 32.2. The van der Waals surface area contributed by atoms with Gasteiger partial charge < -0.3 is 5.32 Å². The van der Waals surface area contributed by atoms with E-state index in [0.717, 1.165) is 48.7 Å². The van der Waals surface area contributed by atoms with Crippen LogP contribution >= 0.6 is 11.8 Å². The molecule has 3 rings (SSSR count). The van der Waals surface area contributed by atoms with Gasteiger partial charge in [0.05, 0.1) is 12.2 Å². The standard InChI is InChI=1S/C12H17N3OS/c16-12-6-9-8-17-5-3-11(9)14-15(12)7-10-2-1-4-13-10/h6,10,13H,1-5,7-8H2. The van der Waals surface area contributed by atoms with Crippen LogP contribution in [0.5, 0.6) is 0 Å². The maximum Gasteiger partial charge on any atom is 0.267 e. The minimum atomic E-state index is 0.0555. The lowest BCUT2D eigenvalue weighted by molar-refractivity contribution is 0.453. The van der Waals surface area contributed by atoms with E-state index < -0.39 is 0 Å². The predicted molar refractivity (Wildman–Crippen MR) is 69.4 cm³/mol. The van der Waals surface area contributed by atoms with E-state index in [1.165, 1.54) is 6.42 Å². The van der Waals surface area contributed by atoms with Crippen molar-refractivity contribution in [1.29, 1.82) is 0 Å². The van der Waals surface area contributed by atoms with Gasteiger partial charge in [-0.25, -0.2) is 4.68 Å². The molecule has 1 fully saturated rings. The Bertz CT molecular complexity index is 465. The highest BCUT2D eigenvalue weighted by Gasteiger charge is 2.18. The lowest BCUT2D eigenvalue weighted by atomic mass is 10.2. The summed E-state index contributed by atoms with van der Waals surface area (Å²) in [5, 5.41) is 7.94. The normalized spacial score (nSPS) is 23.6. The minimum absolute atomic E-state index is 0.0555. The fourth-order valence-corrected chi connectivity index (χ4v) is 3.46. The molecule has 2 aliphatic heterocycles. The third kappa shape index (κ3) is 2.40. The van der Waals surface area contributed by atoms with E-state index in [9.17, 15) is 4.79 Å². The highest BCUT2D eigenvalue weighted by Crippen LogP contribution is 2.21. The van der Waals surface area contributed by atoms with Gasteiger partial charge in [0.2, 0.25) is 0 Å². The van der Waals surface area contributed by atoms with E-state index in [1.807, 2.05) is 11.8 Å².